The molecule has 0 bridgehead atoms. The smallest absolute Gasteiger partial charge is 0.314 e. The van der Waals surface area contributed by atoms with Crippen LogP contribution in [-0.4, -0.2) is 6.03 Å². The summed E-state index contributed by atoms with van der Waals surface area (Å²) in [5, 5.41) is 5.48. The number of rotatable bonds is 3. The molecule has 102 valence electrons. The number of benzene rings is 2. The van der Waals surface area contributed by atoms with E-state index >= 15 is 0 Å². The van der Waals surface area contributed by atoms with Gasteiger partial charge in [-0.15, -0.1) is 0 Å². The molecule has 0 saturated heterocycles. The molecule has 0 aliphatic heterocycles. The second-order valence-electron chi connectivity index (χ2n) is 4.27. The summed E-state index contributed by atoms with van der Waals surface area (Å²) in [7, 11) is 0. The fraction of sp³-hybridized carbons (Fsp3) is 0.0625. The largest absolute Gasteiger partial charge is 0.323 e. The normalized spacial score (nSPS) is 10.5. The molecule has 3 nitrogen and oxygen atoms in total. The van der Waals surface area contributed by atoms with E-state index in [4.69, 9.17) is 0 Å². The van der Waals surface area contributed by atoms with Crippen LogP contribution in [0.1, 0.15) is 11.1 Å². The molecule has 0 fully saturated rings. The Morgan fingerprint density at radius 3 is 2.55 bits per heavy atom. The van der Waals surface area contributed by atoms with Crippen LogP contribution in [-0.2, 0) is 0 Å². The Morgan fingerprint density at radius 1 is 1.10 bits per heavy atom. The summed E-state index contributed by atoms with van der Waals surface area (Å²) in [4.78, 5) is 11.8. The average molecular weight is 331 g/mol. The third-order valence-electron chi connectivity index (χ3n) is 2.78. The Kier molecular flexibility index (Phi) is 4.96. The Labute approximate surface area is 126 Å². The maximum atomic E-state index is 11.8. The summed E-state index contributed by atoms with van der Waals surface area (Å²) >= 11 is 3.45. The van der Waals surface area contributed by atoms with Gasteiger partial charge in [0.05, 0.1) is 0 Å². The van der Waals surface area contributed by atoms with Gasteiger partial charge in [-0.3, -0.25) is 0 Å². The summed E-state index contributed by atoms with van der Waals surface area (Å²) in [5.74, 6) is 0. The number of nitrogens with one attached hydrogen (secondary N) is 2. The molecule has 2 aromatic rings. The predicted molar refractivity (Wildman–Crippen MR) is 86.5 cm³/mol. The number of halogens is 1. The van der Waals surface area contributed by atoms with Gasteiger partial charge in [0, 0.05) is 16.4 Å². The molecule has 2 N–H and O–H groups in total. The molecule has 0 radical (unpaired) electrons. The van der Waals surface area contributed by atoms with Gasteiger partial charge in [-0.05, 0) is 36.3 Å². The van der Waals surface area contributed by atoms with E-state index < -0.39 is 0 Å². The number of hydrogen-bond donors (Lipinski definition) is 2. The number of carbonyl (C=O) groups is 1. The molecular formula is C16H15BrN2O. The predicted octanol–water partition coefficient (Wildman–Crippen LogP) is 4.55. The second kappa shape index (κ2) is 6.91. The van der Waals surface area contributed by atoms with Crippen molar-refractivity contribution in [1.82, 2.24) is 5.32 Å². The molecule has 2 rings (SSSR count). The number of para-hydroxylation sites is 1. The molecule has 0 aromatic heterocycles. The van der Waals surface area contributed by atoms with Crippen LogP contribution in [0.2, 0.25) is 0 Å². The number of urea groups is 1. The summed E-state index contributed by atoms with van der Waals surface area (Å²) in [6.07, 6.45) is 3.45. The highest BCUT2D eigenvalue weighted by Crippen LogP contribution is 2.16. The molecule has 0 atom stereocenters. The van der Waals surface area contributed by atoms with E-state index in [9.17, 15) is 4.79 Å². The van der Waals surface area contributed by atoms with Crippen molar-refractivity contribution in [2.75, 3.05) is 5.32 Å². The molecule has 0 saturated carbocycles. The zero-order valence-corrected chi connectivity index (χ0v) is 12.6. The van der Waals surface area contributed by atoms with Crippen LogP contribution < -0.4 is 10.6 Å². The van der Waals surface area contributed by atoms with E-state index in [2.05, 4.69) is 26.6 Å². The van der Waals surface area contributed by atoms with Crippen molar-refractivity contribution in [1.29, 1.82) is 0 Å². The van der Waals surface area contributed by atoms with Crippen molar-refractivity contribution in [3.05, 3.63) is 70.3 Å². The van der Waals surface area contributed by atoms with Crippen LogP contribution in [0.3, 0.4) is 0 Å². The summed E-state index contributed by atoms with van der Waals surface area (Å²) < 4.78 is 0.984. The molecule has 0 spiro atoms. The van der Waals surface area contributed by atoms with E-state index in [1.807, 2.05) is 61.5 Å². The fourth-order valence-corrected chi connectivity index (χ4v) is 2.11. The Bertz CT molecular complexity index is 638. The van der Waals surface area contributed by atoms with E-state index in [0.29, 0.717) is 0 Å². The summed E-state index contributed by atoms with van der Waals surface area (Å²) in [5.41, 5.74) is 2.83. The van der Waals surface area contributed by atoms with Crippen LogP contribution in [0, 0.1) is 6.92 Å². The van der Waals surface area contributed by atoms with Gasteiger partial charge < -0.3 is 10.6 Å². The quantitative estimate of drug-likeness (QED) is 0.851. The maximum absolute atomic E-state index is 11.8. The fourth-order valence-electron chi connectivity index (χ4n) is 1.69. The van der Waals surface area contributed by atoms with E-state index in [-0.39, 0.29) is 6.03 Å². The Balaban J connectivity index is 1.93. The van der Waals surface area contributed by atoms with E-state index in [0.717, 1.165) is 21.3 Å². The molecule has 0 unspecified atom stereocenters. The monoisotopic (exact) mass is 330 g/mol. The highest BCUT2D eigenvalue weighted by Gasteiger charge is 2.01. The number of aryl methyl sites for hydroxylation is 1. The first-order valence-corrected chi connectivity index (χ1v) is 7.00. The number of hydrogen-bond acceptors (Lipinski definition) is 1. The van der Waals surface area contributed by atoms with Crippen molar-refractivity contribution in [2.24, 2.45) is 0 Å². The Hall–Kier alpha value is -2.07. The number of anilines is 1. The molecule has 2 aromatic carbocycles. The van der Waals surface area contributed by atoms with Crippen molar-refractivity contribution in [3.8, 4) is 0 Å². The van der Waals surface area contributed by atoms with Gasteiger partial charge in [0.15, 0.2) is 0 Å². The van der Waals surface area contributed by atoms with Gasteiger partial charge in [-0.25, -0.2) is 4.79 Å². The third-order valence-corrected chi connectivity index (χ3v) is 3.50. The topological polar surface area (TPSA) is 41.1 Å². The van der Waals surface area contributed by atoms with E-state index in [1.165, 1.54) is 0 Å². The van der Waals surface area contributed by atoms with Crippen LogP contribution >= 0.6 is 15.9 Å². The lowest BCUT2D eigenvalue weighted by Gasteiger charge is -2.07. The van der Waals surface area contributed by atoms with Gasteiger partial charge in [0.1, 0.15) is 0 Å². The molecule has 20 heavy (non-hydrogen) atoms. The first-order chi connectivity index (χ1) is 9.66. The highest BCUT2D eigenvalue weighted by atomic mass is 79.9. The standard InChI is InChI=1S/C16H15BrN2O/c1-12-6-2-5-9-15(12)19-16(20)18-11-10-13-7-3-4-8-14(13)17/h2-11H,1H3,(H2,18,19,20)/b11-10+. The van der Waals surface area contributed by atoms with Crippen molar-refractivity contribution >= 4 is 33.7 Å². The van der Waals surface area contributed by atoms with Crippen molar-refractivity contribution in [2.45, 2.75) is 6.92 Å². The van der Waals surface area contributed by atoms with Gasteiger partial charge in [0.25, 0.3) is 0 Å². The summed E-state index contributed by atoms with van der Waals surface area (Å²) in [6, 6.07) is 15.2. The van der Waals surface area contributed by atoms with Crippen LogP contribution in [0.15, 0.2) is 59.2 Å². The van der Waals surface area contributed by atoms with Crippen LogP contribution in [0.4, 0.5) is 10.5 Å². The molecular weight excluding hydrogens is 316 g/mol. The van der Waals surface area contributed by atoms with Crippen LogP contribution in [0.5, 0.6) is 0 Å². The highest BCUT2D eigenvalue weighted by molar-refractivity contribution is 9.10. The summed E-state index contributed by atoms with van der Waals surface area (Å²) in [6.45, 7) is 1.95. The molecule has 0 heterocycles. The van der Waals surface area contributed by atoms with Gasteiger partial charge in [0.2, 0.25) is 0 Å². The minimum atomic E-state index is -0.261. The molecule has 4 heteroatoms. The number of amides is 2. The van der Waals surface area contributed by atoms with Crippen LogP contribution in [0.25, 0.3) is 6.08 Å². The number of carbonyl (C=O) groups excluding carboxylic acids is 1. The van der Waals surface area contributed by atoms with Gasteiger partial charge >= 0.3 is 6.03 Å². The minimum Gasteiger partial charge on any atom is -0.314 e. The molecule has 0 aliphatic rings. The lowest BCUT2D eigenvalue weighted by molar-refractivity contribution is 0.255. The van der Waals surface area contributed by atoms with Gasteiger partial charge in [-0.1, -0.05) is 52.3 Å². The SMILES string of the molecule is Cc1ccccc1NC(=O)N/C=C/c1ccccc1Br. The zero-order valence-electron chi connectivity index (χ0n) is 11.1. The second-order valence-corrected chi connectivity index (χ2v) is 5.12. The van der Waals surface area contributed by atoms with Crippen molar-refractivity contribution < 1.29 is 4.79 Å². The lowest BCUT2D eigenvalue weighted by Crippen LogP contribution is -2.24. The maximum Gasteiger partial charge on any atom is 0.323 e. The van der Waals surface area contributed by atoms with Crippen molar-refractivity contribution in [3.63, 3.8) is 0 Å². The lowest BCUT2D eigenvalue weighted by atomic mass is 10.2. The first kappa shape index (κ1) is 14.3. The average Bonchev–Trinajstić information content (AvgIpc) is 2.43. The van der Waals surface area contributed by atoms with E-state index in [1.54, 1.807) is 6.20 Å². The first-order valence-electron chi connectivity index (χ1n) is 6.21. The molecule has 0 aliphatic carbocycles. The zero-order chi connectivity index (χ0) is 14.4. The third kappa shape index (κ3) is 3.96. The Morgan fingerprint density at radius 2 is 1.80 bits per heavy atom. The molecule has 2 amide bonds. The van der Waals surface area contributed by atoms with Gasteiger partial charge in [-0.2, -0.15) is 0 Å². The minimum absolute atomic E-state index is 0.261.